The van der Waals surface area contributed by atoms with Crippen LogP contribution in [0.3, 0.4) is 0 Å². The number of ether oxygens (including phenoxy) is 1. The topological polar surface area (TPSA) is 44.8 Å². The first-order valence-corrected chi connectivity index (χ1v) is 9.23. The molecule has 2 aliphatic rings. The van der Waals surface area contributed by atoms with Gasteiger partial charge in [-0.1, -0.05) is 18.2 Å². The lowest BCUT2D eigenvalue weighted by Gasteiger charge is -2.26. The Labute approximate surface area is 160 Å². The first-order chi connectivity index (χ1) is 13.0. The number of rotatable bonds is 3. The van der Waals surface area contributed by atoms with Crippen molar-refractivity contribution in [1.82, 2.24) is 10.4 Å². The Morgan fingerprint density at radius 1 is 1.15 bits per heavy atom. The van der Waals surface area contributed by atoms with Crippen LogP contribution < -0.4 is 15.1 Å². The fraction of sp³-hybridized carbons (Fsp3) is 0.318. The molecule has 2 aromatic carbocycles. The number of hydrogen-bond acceptors (Lipinski definition) is 4. The molecule has 1 aliphatic heterocycles. The molecule has 0 bridgehead atoms. The number of carbonyl (C=O) groups is 1. The molecule has 0 aromatic heterocycles. The van der Waals surface area contributed by atoms with Crippen molar-refractivity contribution < 1.29 is 9.53 Å². The summed E-state index contributed by atoms with van der Waals surface area (Å²) in [6, 6.07) is 14.6. The van der Waals surface area contributed by atoms with Gasteiger partial charge < -0.3 is 9.64 Å². The van der Waals surface area contributed by atoms with E-state index in [0.717, 1.165) is 41.1 Å². The molecule has 0 unspecified atom stereocenters. The normalized spacial score (nSPS) is 17.9. The van der Waals surface area contributed by atoms with Gasteiger partial charge in [-0.3, -0.25) is 10.2 Å². The first-order valence-electron chi connectivity index (χ1n) is 9.23. The summed E-state index contributed by atoms with van der Waals surface area (Å²) in [6.45, 7) is 1.61. The van der Waals surface area contributed by atoms with Crippen molar-refractivity contribution in [3.8, 4) is 5.75 Å². The van der Waals surface area contributed by atoms with Crippen LogP contribution in [0, 0.1) is 0 Å². The highest BCUT2D eigenvalue weighted by Gasteiger charge is 2.38. The van der Waals surface area contributed by atoms with Gasteiger partial charge in [0.25, 0.3) is 0 Å². The van der Waals surface area contributed by atoms with Gasteiger partial charge in [0.1, 0.15) is 11.8 Å². The average Bonchev–Trinajstić information content (AvgIpc) is 3.08. The van der Waals surface area contributed by atoms with Crippen molar-refractivity contribution in [2.75, 3.05) is 26.1 Å². The molecule has 5 heteroatoms. The Hall–Kier alpha value is -2.95. The molecule has 1 N–H and O–H groups in total. The zero-order valence-corrected chi connectivity index (χ0v) is 16.2. The zero-order chi connectivity index (χ0) is 19.1. The van der Waals surface area contributed by atoms with Crippen LogP contribution in [0.15, 0.2) is 48.0 Å². The summed E-state index contributed by atoms with van der Waals surface area (Å²) in [6.07, 6.45) is 1.91. The Bertz CT molecular complexity index is 916. The third kappa shape index (κ3) is 2.93. The maximum absolute atomic E-state index is 12.4. The number of methoxy groups -OCH3 is 1. The molecule has 1 atom stereocenters. The SMILES string of the molecule is COc1ccc2c(c1)C1=C(CC2)[C@H](c2ccc(N(C)C)cc2)N(C(C)=O)N1. The predicted octanol–water partition coefficient (Wildman–Crippen LogP) is 3.53. The highest BCUT2D eigenvalue weighted by molar-refractivity contribution is 5.82. The van der Waals surface area contributed by atoms with Crippen molar-refractivity contribution in [2.45, 2.75) is 25.8 Å². The summed E-state index contributed by atoms with van der Waals surface area (Å²) in [7, 11) is 5.74. The number of hydrazine groups is 1. The molecule has 0 fully saturated rings. The summed E-state index contributed by atoms with van der Waals surface area (Å²) in [5, 5.41) is 1.75. The average molecular weight is 363 g/mol. The smallest absolute Gasteiger partial charge is 0.238 e. The minimum atomic E-state index is -0.0759. The molecule has 140 valence electrons. The highest BCUT2D eigenvalue weighted by atomic mass is 16.5. The van der Waals surface area contributed by atoms with Crippen molar-refractivity contribution in [3.63, 3.8) is 0 Å². The molecular formula is C22H25N3O2. The Kier molecular flexibility index (Phi) is 4.30. The number of aryl methyl sites for hydroxylation is 1. The van der Waals surface area contributed by atoms with Crippen molar-refractivity contribution in [1.29, 1.82) is 0 Å². The summed E-state index contributed by atoms with van der Waals surface area (Å²) in [4.78, 5) is 14.5. The standard InChI is InChI=1S/C22H25N3O2/c1-14(26)25-22(16-5-9-17(10-6-16)24(2)3)19-12-8-15-7-11-18(27-4)13-20(15)21(19)23-25/h5-7,9-11,13,22-23H,8,12H2,1-4H3/t22-/m0/s1. The van der Waals surface area contributed by atoms with Crippen molar-refractivity contribution in [2.24, 2.45) is 0 Å². The number of nitrogens with one attached hydrogen (secondary N) is 1. The maximum atomic E-state index is 12.4. The summed E-state index contributed by atoms with van der Waals surface area (Å²) in [5.74, 6) is 0.841. The van der Waals surface area contributed by atoms with Crippen LogP contribution in [0.25, 0.3) is 5.70 Å². The quantitative estimate of drug-likeness (QED) is 0.906. The van der Waals surface area contributed by atoms with E-state index in [0.29, 0.717) is 0 Å². The number of hydrogen-bond donors (Lipinski definition) is 1. The van der Waals surface area contributed by atoms with Gasteiger partial charge in [0.15, 0.2) is 0 Å². The molecule has 0 saturated carbocycles. The van der Waals surface area contributed by atoms with E-state index >= 15 is 0 Å². The van der Waals surface area contributed by atoms with Gasteiger partial charge in [-0.2, -0.15) is 0 Å². The van der Waals surface area contributed by atoms with Crippen LogP contribution in [0.5, 0.6) is 5.75 Å². The molecule has 5 nitrogen and oxygen atoms in total. The lowest BCUT2D eigenvalue weighted by molar-refractivity contribution is -0.132. The molecule has 1 heterocycles. The number of amides is 1. The predicted molar refractivity (Wildman–Crippen MR) is 107 cm³/mol. The van der Waals surface area contributed by atoms with Gasteiger partial charge in [-0.05, 0) is 53.8 Å². The molecule has 0 spiro atoms. The van der Waals surface area contributed by atoms with E-state index in [2.05, 4.69) is 46.7 Å². The Balaban J connectivity index is 1.79. The number of nitrogens with zero attached hydrogens (tertiary/aromatic N) is 2. The van der Waals surface area contributed by atoms with Crippen molar-refractivity contribution in [3.05, 3.63) is 64.7 Å². The second kappa shape index (κ2) is 6.65. The van der Waals surface area contributed by atoms with Crippen LogP contribution in [-0.2, 0) is 11.2 Å². The number of carbonyl (C=O) groups excluding carboxylic acids is 1. The minimum Gasteiger partial charge on any atom is -0.497 e. The second-order valence-corrected chi connectivity index (χ2v) is 7.31. The molecule has 1 amide bonds. The summed E-state index contributed by atoms with van der Waals surface area (Å²) >= 11 is 0. The Morgan fingerprint density at radius 3 is 2.52 bits per heavy atom. The van der Waals surface area contributed by atoms with E-state index in [4.69, 9.17) is 4.74 Å². The van der Waals surface area contributed by atoms with E-state index < -0.39 is 0 Å². The summed E-state index contributed by atoms with van der Waals surface area (Å²) < 4.78 is 5.41. The van der Waals surface area contributed by atoms with Gasteiger partial charge >= 0.3 is 0 Å². The summed E-state index contributed by atoms with van der Waals surface area (Å²) in [5.41, 5.74) is 10.4. The molecule has 4 rings (SSSR count). The van der Waals surface area contributed by atoms with Crippen LogP contribution in [0.2, 0.25) is 0 Å². The van der Waals surface area contributed by atoms with Gasteiger partial charge in [-0.25, -0.2) is 5.01 Å². The fourth-order valence-corrected chi connectivity index (χ4v) is 4.01. The van der Waals surface area contributed by atoms with Crippen LogP contribution in [0.1, 0.15) is 36.1 Å². The number of fused-ring (bicyclic) bond motifs is 2. The molecule has 0 radical (unpaired) electrons. The third-order valence-corrected chi connectivity index (χ3v) is 5.46. The number of anilines is 1. The van der Waals surface area contributed by atoms with Crippen LogP contribution in [-0.4, -0.2) is 32.1 Å². The van der Waals surface area contributed by atoms with E-state index in [9.17, 15) is 4.79 Å². The minimum absolute atomic E-state index is 0.00975. The third-order valence-electron chi connectivity index (χ3n) is 5.46. The second-order valence-electron chi connectivity index (χ2n) is 7.31. The van der Waals surface area contributed by atoms with E-state index in [1.807, 2.05) is 20.2 Å². The van der Waals surface area contributed by atoms with Crippen molar-refractivity contribution >= 4 is 17.3 Å². The monoisotopic (exact) mass is 363 g/mol. The van der Waals surface area contributed by atoms with E-state index in [1.165, 1.54) is 11.1 Å². The largest absolute Gasteiger partial charge is 0.497 e. The highest BCUT2D eigenvalue weighted by Crippen LogP contribution is 2.44. The molecule has 27 heavy (non-hydrogen) atoms. The van der Waals surface area contributed by atoms with E-state index in [1.54, 1.807) is 19.0 Å². The van der Waals surface area contributed by atoms with E-state index in [-0.39, 0.29) is 11.9 Å². The lowest BCUT2D eigenvalue weighted by Crippen LogP contribution is -2.38. The van der Waals surface area contributed by atoms with Crippen LogP contribution >= 0.6 is 0 Å². The number of benzene rings is 2. The molecule has 1 aliphatic carbocycles. The zero-order valence-electron chi connectivity index (χ0n) is 16.2. The van der Waals surface area contributed by atoms with Gasteiger partial charge in [-0.15, -0.1) is 0 Å². The maximum Gasteiger partial charge on any atom is 0.238 e. The fourth-order valence-electron chi connectivity index (χ4n) is 4.01. The lowest BCUT2D eigenvalue weighted by atomic mass is 9.85. The van der Waals surface area contributed by atoms with Gasteiger partial charge in [0.05, 0.1) is 12.8 Å². The van der Waals surface area contributed by atoms with Gasteiger partial charge in [0.2, 0.25) is 5.91 Å². The Morgan fingerprint density at radius 2 is 1.89 bits per heavy atom. The molecule has 2 aromatic rings. The first kappa shape index (κ1) is 17.5. The molecular weight excluding hydrogens is 338 g/mol. The van der Waals surface area contributed by atoms with Crippen LogP contribution in [0.4, 0.5) is 5.69 Å². The van der Waals surface area contributed by atoms with Gasteiger partial charge in [0, 0.05) is 32.3 Å². The molecule has 0 saturated heterocycles.